The standard InChI is InChI=1S/C18H21BrFNO3S/c1-3-21(13-14-4-9-18(24-2)17(20)12-14)10-11-25(22,23)16-7-5-15(19)6-8-16/h4-9,12H,3,10-11,13H2,1-2H3. The summed E-state index contributed by atoms with van der Waals surface area (Å²) in [7, 11) is -1.93. The van der Waals surface area contributed by atoms with Gasteiger partial charge in [-0.3, -0.25) is 4.90 Å². The highest BCUT2D eigenvalue weighted by molar-refractivity contribution is 9.10. The zero-order valence-corrected chi connectivity index (χ0v) is 16.6. The first kappa shape index (κ1) is 19.9. The molecule has 0 bridgehead atoms. The summed E-state index contributed by atoms with van der Waals surface area (Å²) < 4.78 is 44.4. The molecule has 2 rings (SSSR count). The fourth-order valence-electron chi connectivity index (χ4n) is 2.42. The van der Waals surface area contributed by atoms with E-state index in [1.54, 1.807) is 36.4 Å². The van der Waals surface area contributed by atoms with Crippen molar-refractivity contribution in [3.63, 3.8) is 0 Å². The van der Waals surface area contributed by atoms with Crippen molar-refractivity contribution in [3.8, 4) is 5.75 Å². The minimum atomic E-state index is -3.35. The van der Waals surface area contributed by atoms with Crippen molar-refractivity contribution < 1.29 is 17.5 Å². The Morgan fingerprint density at radius 1 is 1.16 bits per heavy atom. The molecule has 2 aromatic rings. The topological polar surface area (TPSA) is 46.6 Å². The lowest BCUT2D eigenvalue weighted by Gasteiger charge is -2.20. The Labute approximate surface area is 156 Å². The fraction of sp³-hybridized carbons (Fsp3) is 0.333. The Balaban J connectivity index is 2.02. The van der Waals surface area contributed by atoms with Gasteiger partial charge in [0.05, 0.1) is 17.8 Å². The van der Waals surface area contributed by atoms with Crippen LogP contribution >= 0.6 is 15.9 Å². The van der Waals surface area contributed by atoms with Crippen molar-refractivity contribution in [3.05, 3.63) is 58.3 Å². The average Bonchev–Trinajstić information content (AvgIpc) is 2.59. The number of sulfone groups is 1. The average molecular weight is 430 g/mol. The number of halogens is 2. The molecule has 0 saturated heterocycles. The molecule has 7 heteroatoms. The Morgan fingerprint density at radius 3 is 2.40 bits per heavy atom. The highest BCUT2D eigenvalue weighted by Crippen LogP contribution is 2.19. The van der Waals surface area contributed by atoms with Gasteiger partial charge in [0, 0.05) is 17.6 Å². The van der Waals surface area contributed by atoms with Crippen LogP contribution in [0.2, 0.25) is 0 Å². The summed E-state index contributed by atoms with van der Waals surface area (Å²) >= 11 is 3.30. The molecule has 0 unspecified atom stereocenters. The highest BCUT2D eigenvalue weighted by Gasteiger charge is 2.16. The lowest BCUT2D eigenvalue weighted by Crippen LogP contribution is -2.29. The summed E-state index contributed by atoms with van der Waals surface area (Å²) in [6.45, 7) is 3.48. The molecule has 0 spiro atoms. The van der Waals surface area contributed by atoms with Crippen LogP contribution in [-0.4, -0.2) is 39.3 Å². The third kappa shape index (κ3) is 5.52. The number of hydrogen-bond donors (Lipinski definition) is 0. The Bertz CT molecular complexity index is 810. The summed E-state index contributed by atoms with van der Waals surface area (Å²) in [4.78, 5) is 2.28. The number of ether oxygens (including phenoxy) is 1. The summed E-state index contributed by atoms with van der Waals surface area (Å²) in [6.07, 6.45) is 0. The molecular formula is C18H21BrFNO3S. The van der Waals surface area contributed by atoms with Gasteiger partial charge in [0.1, 0.15) is 0 Å². The van der Waals surface area contributed by atoms with Gasteiger partial charge in [0.2, 0.25) is 0 Å². The normalized spacial score (nSPS) is 11.7. The lowest BCUT2D eigenvalue weighted by atomic mass is 10.2. The molecule has 0 heterocycles. The van der Waals surface area contributed by atoms with Gasteiger partial charge in [-0.25, -0.2) is 12.8 Å². The lowest BCUT2D eigenvalue weighted by molar-refractivity contribution is 0.295. The zero-order chi connectivity index (χ0) is 18.4. The van der Waals surface area contributed by atoms with Crippen LogP contribution in [0.25, 0.3) is 0 Å². The van der Waals surface area contributed by atoms with Crippen LogP contribution < -0.4 is 4.74 Å². The fourth-order valence-corrected chi connectivity index (χ4v) is 3.97. The molecule has 0 atom stereocenters. The predicted molar refractivity (Wildman–Crippen MR) is 100 cm³/mol. The summed E-state index contributed by atoms with van der Waals surface area (Å²) in [6, 6.07) is 11.4. The third-order valence-electron chi connectivity index (χ3n) is 3.92. The molecule has 0 aromatic heterocycles. The van der Waals surface area contributed by atoms with Gasteiger partial charge in [-0.2, -0.15) is 0 Å². The number of hydrogen-bond acceptors (Lipinski definition) is 4. The van der Waals surface area contributed by atoms with Crippen molar-refractivity contribution in [2.75, 3.05) is 26.0 Å². The molecule has 0 aliphatic rings. The highest BCUT2D eigenvalue weighted by atomic mass is 79.9. The molecule has 0 fully saturated rings. The van der Waals surface area contributed by atoms with E-state index in [0.717, 1.165) is 10.0 Å². The maximum absolute atomic E-state index is 13.8. The van der Waals surface area contributed by atoms with E-state index in [9.17, 15) is 12.8 Å². The molecule has 25 heavy (non-hydrogen) atoms. The van der Waals surface area contributed by atoms with Gasteiger partial charge in [0.15, 0.2) is 21.4 Å². The van der Waals surface area contributed by atoms with E-state index in [4.69, 9.17) is 4.74 Å². The van der Waals surface area contributed by atoms with E-state index in [1.165, 1.54) is 13.2 Å². The molecular weight excluding hydrogens is 409 g/mol. The molecule has 4 nitrogen and oxygen atoms in total. The van der Waals surface area contributed by atoms with Crippen LogP contribution in [0.5, 0.6) is 5.75 Å². The monoisotopic (exact) mass is 429 g/mol. The van der Waals surface area contributed by atoms with E-state index in [-0.39, 0.29) is 11.5 Å². The molecule has 0 aliphatic heterocycles. The Morgan fingerprint density at radius 2 is 1.84 bits per heavy atom. The van der Waals surface area contributed by atoms with Crippen molar-refractivity contribution >= 4 is 25.8 Å². The summed E-state index contributed by atoms with van der Waals surface area (Å²) in [5, 5.41) is 0. The van der Waals surface area contributed by atoms with Gasteiger partial charge < -0.3 is 4.74 Å². The van der Waals surface area contributed by atoms with E-state index < -0.39 is 15.7 Å². The maximum atomic E-state index is 13.8. The first-order valence-corrected chi connectivity index (χ1v) is 10.3. The van der Waals surface area contributed by atoms with E-state index >= 15 is 0 Å². The van der Waals surface area contributed by atoms with Crippen molar-refractivity contribution in [1.82, 2.24) is 4.90 Å². The predicted octanol–water partition coefficient (Wildman–Crippen LogP) is 3.89. The molecule has 0 saturated carbocycles. The number of methoxy groups -OCH3 is 1. The summed E-state index contributed by atoms with van der Waals surface area (Å²) in [5.74, 6) is -0.204. The smallest absolute Gasteiger partial charge is 0.179 e. The second kappa shape index (κ2) is 8.78. The molecule has 0 radical (unpaired) electrons. The van der Waals surface area contributed by atoms with Crippen LogP contribution in [-0.2, 0) is 16.4 Å². The van der Waals surface area contributed by atoms with Crippen LogP contribution in [0, 0.1) is 5.82 Å². The van der Waals surface area contributed by atoms with Crippen LogP contribution in [0.3, 0.4) is 0 Å². The maximum Gasteiger partial charge on any atom is 0.179 e. The largest absolute Gasteiger partial charge is 0.494 e. The van der Waals surface area contributed by atoms with Gasteiger partial charge in [0.25, 0.3) is 0 Å². The molecule has 0 N–H and O–H groups in total. The van der Waals surface area contributed by atoms with Crippen LogP contribution in [0.4, 0.5) is 4.39 Å². The van der Waals surface area contributed by atoms with Crippen LogP contribution in [0.15, 0.2) is 51.8 Å². The summed E-state index contributed by atoms with van der Waals surface area (Å²) in [5.41, 5.74) is 0.779. The van der Waals surface area contributed by atoms with E-state index in [2.05, 4.69) is 15.9 Å². The van der Waals surface area contributed by atoms with Crippen molar-refractivity contribution in [2.24, 2.45) is 0 Å². The van der Waals surface area contributed by atoms with Crippen molar-refractivity contribution in [1.29, 1.82) is 0 Å². The van der Waals surface area contributed by atoms with Gasteiger partial charge in [-0.1, -0.05) is 28.9 Å². The first-order chi connectivity index (χ1) is 11.9. The molecule has 136 valence electrons. The molecule has 0 aliphatic carbocycles. The SMILES string of the molecule is CCN(CCS(=O)(=O)c1ccc(Br)cc1)Cc1ccc(OC)c(F)c1. The zero-order valence-electron chi connectivity index (χ0n) is 14.2. The van der Waals surface area contributed by atoms with Gasteiger partial charge in [-0.15, -0.1) is 0 Å². The Hall–Kier alpha value is -1.44. The van der Waals surface area contributed by atoms with E-state index in [1.807, 2.05) is 11.8 Å². The number of nitrogens with zero attached hydrogens (tertiary/aromatic N) is 1. The second-order valence-electron chi connectivity index (χ2n) is 5.61. The van der Waals surface area contributed by atoms with Crippen LogP contribution in [0.1, 0.15) is 12.5 Å². The number of benzene rings is 2. The number of rotatable bonds is 8. The second-order valence-corrected chi connectivity index (χ2v) is 8.64. The van der Waals surface area contributed by atoms with Gasteiger partial charge in [-0.05, 0) is 48.5 Å². The minimum absolute atomic E-state index is 0.0150. The quantitative estimate of drug-likeness (QED) is 0.638. The molecule has 2 aromatic carbocycles. The van der Waals surface area contributed by atoms with Gasteiger partial charge >= 0.3 is 0 Å². The third-order valence-corrected chi connectivity index (χ3v) is 6.16. The first-order valence-electron chi connectivity index (χ1n) is 7.89. The molecule has 0 amide bonds. The minimum Gasteiger partial charge on any atom is -0.494 e. The van der Waals surface area contributed by atoms with E-state index in [0.29, 0.717) is 24.5 Å². The van der Waals surface area contributed by atoms with Crippen molar-refractivity contribution in [2.45, 2.75) is 18.4 Å². The Kier molecular flexibility index (Phi) is 6.98.